The van der Waals surface area contributed by atoms with Gasteiger partial charge in [-0.25, -0.2) is 8.78 Å². The highest BCUT2D eigenvalue weighted by Crippen LogP contribution is 2.28. The molecule has 1 N–H and O–H groups in total. The first-order chi connectivity index (χ1) is 12.9. The number of hydrogen-bond acceptors (Lipinski definition) is 3. The summed E-state index contributed by atoms with van der Waals surface area (Å²) >= 11 is 5.98. The van der Waals surface area contributed by atoms with Crippen LogP contribution in [0.3, 0.4) is 0 Å². The largest absolute Gasteiger partial charge is 0.496 e. The monoisotopic (exact) mass is 394 g/mol. The molecule has 1 saturated heterocycles. The topological polar surface area (TPSA) is 58.6 Å². The number of likely N-dealkylation sites (tertiary alicyclic amines) is 1. The summed E-state index contributed by atoms with van der Waals surface area (Å²) in [7, 11) is 1.43. The van der Waals surface area contributed by atoms with Gasteiger partial charge in [0.05, 0.1) is 18.4 Å². The van der Waals surface area contributed by atoms with Gasteiger partial charge in [-0.2, -0.15) is 0 Å². The van der Waals surface area contributed by atoms with Crippen LogP contribution in [0.15, 0.2) is 36.4 Å². The predicted molar refractivity (Wildman–Crippen MR) is 97.1 cm³/mol. The highest BCUT2D eigenvalue weighted by molar-refractivity contribution is 6.31. The molecule has 1 atom stereocenters. The quantitative estimate of drug-likeness (QED) is 0.856. The van der Waals surface area contributed by atoms with E-state index in [1.165, 1.54) is 18.1 Å². The molecule has 2 aromatic carbocycles. The molecular weight excluding hydrogens is 378 g/mol. The van der Waals surface area contributed by atoms with Gasteiger partial charge in [0.25, 0.3) is 5.91 Å². The molecule has 0 bridgehead atoms. The zero-order valence-electron chi connectivity index (χ0n) is 14.5. The van der Waals surface area contributed by atoms with Crippen LogP contribution in [-0.4, -0.2) is 36.4 Å². The first kappa shape index (κ1) is 19.1. The molecule has 0 aromatic heterocycles. The molecule has 27 heavy (non-hydrogen) atoms. The summed E-state index contributed by atoms with van der Waals surface area (Å²) in [5, 5.41) is 2.73. The van der Waals surface area contributed by atoms with Crippen molar-refractivity contribution in [3.8, 4) is 5.75 Å². The van der Waals surface area contributed by atoms with E-state index in [4.69, 9.17) is 16.3 Å². The number of methoxy groups -OCH3 is 1. The van der Waals surface area contributed by atoms with Gasteiger partial charge in [-0.1, -0.05) is 11.6 Å². The lowest BCUT2D eigenvalue weighted by molar-refractivity contribution is -0.119. The van der Waals surface area contributed by atoms with Crippen LogP contribution in [-0.2, 0) is 4.79 Å². The van der Waals surface area contributed by atoms with Crippen LogP contribution in [0.5, 0.6) is 5.75 Å². The second-order valence-corrected chi connectivity index (χ2v) is 6.55. The maximum absolute atomic E-state index is 13.8. The Morgan fingerprint density at radius 2 is 2.00 bits per heavy atom. The Hall–Kier alpha value is -2.67. The summed E-state index contributed by atoms with van der Waals surface area (Å²) in [5.74, 6) is -2.07. The Morgan fingerprint density at radius 1 is 1.22 bits per heavy atom. The summed E-state index contributed by atoms with van der Waals surface area (Å²) < 4.78 is 32.3. The van der Waals surface area contributed by atoms with Crippen LogP contribution in [0.4, 0.5) is 14.5 Å². The number of amides is 2. The van der Waals surface area contributed by atoms with Crippen molar-refractivity contribution in [1.82, 2.24) is 4.90 Å². The van der Waals surface area contributed by atoms with Crippen LogP contribution in [0, 0.1) is 11.6 Å². The van der Waals surface area contributed by atoms with Crippen molar-refractivity contribution in [2.75, 3.05) is 19.0 Å². The Kier molecular flexibility index (Phi) is 5.60. The molecular formula is C19H17ClF2N2O3. The van der Waals surface area contributed by atoms with Crippen molar-refractivity contribution in [2.24, 2.45) is 0 Å². The van der Waals surface area contributed by atoms with E-state index in [1.807, 2.05) is 0 Å². The van der Waals surface area contributed by atoms with Gasteiger partial charge in [-0.3, -0.25) is 9.59 Å². The predicted octanol–water partition coefficient (Wildman–Crippen LogP) is 3.87. The Bertz CT molecular complexity index is 891. The molecule has 0 radical (unpaired) electrons. The van der Waals surface area contributed by atoms with E-state index in [2.05, 4.69) is 5.32 Å². The van der Waals surface area contributed by atoms with E-state index in [0.29, 0.717) is 30.2 Å². The Morgan fingerprint density at radius 3 is 2.74 bits per heavy atom. The number of nitrogens with one attached hydrogen (secondary N) is 1. The van der Waals surface area contributed by atoms with Crippen molar-refractivity contribution in [3.05, 3.63) is 58.6 Å². The molecule has 8 heteroatoms. The van der Waals surface area contributed by atoms with Crippen molar-refractivity contribution in [3.63, 3.8) is 0 Å². The second-order valence-electron chi connectivity index (χ2n) is 6.11. The smallest absolute Gasteiger partial charge is 0.258 e. The third-order valence-electron chi connectivity index (χ3n) is 4.39. The molecule has 1 fully saturated rings. The fourth-order valence-corrected chi connectivity index (χ4v) is 3.27. The minimum Gasteiger partial charge on any atom is -0.496 e. The number of carbonyl (C=O) groups excluding carboxylic acids is 2. The summed E-state index contributed by atoms with van der Waals surface area (Å²) in [4.78, 5) is 26.9. The summed E-state index contributed by atoms with van der Waals surface area (Å²) in [6, 6.07) is 6.63. The van der Waals surface area contributed by atoms with Gasteiger partial charge in [-0.05, 0) is 43.2 Å². The minimum atomic E-state index is -0.802. The number of halogens is 3. The van der Waals surface area contributed by atoms with Crippen molar-refractivity contribution in [1.29, 1.82) is 0 Å². The molecule has 0 spiro atoms. The third kappa shape index (κ3) is 4.03. The number of anilines is 1. The molecule has 2 aromatic rings. The van der Waals surface area contributed by atoms with Gasteiger partial charge in [0.2, 0.25) is 5.91 Å². The zero-order chi connectivity index (χ0) is 19.6. The zero-order valence-corrected chi connectivity index (χ0v) is 15.2. The molecule has 0 aliphatic carbocycles. The fraction of sp³-hybridized carbons (Fsp3) is 0.263. The molecule has 5 nitrogen and oxygen atoms in total. The van der Waals surface area contributed by atoms with Gasteiger partial charge in [-0.15, -0.1) is 0 Å². The second kappa shape index (κ2) is 7.92. The lowest BCUT2D eigenvalue weighted by Gasteiger charge is -2.25. The molecule has 1 aliphatic heterocycles. The van der Waals surface area contributed by atoms with E-state index >= 15 is 0 Å². The standard InChI is InChI=1S/C19H17ClF2N2O3/c1-27-17-7-4-11(20)9-13(17)19(26)24-8-2-3-16(24)18(25)23-15-10-12(21)5-6-14(15)22/h4-7,9-10,16H,2-3,8H2,1H3,(H,23,25). The molecule has 3 rings (SSSR count). The maximum Gasteiger partial charge on any atom is 0.258 e. The Labute approximate surface area is 159 Å². The fourth-order valence-electron chi connectivity index (χ4n) is 3.09. The highest BCUT2D eigenvalue weighted by atomic mass is 35.5. The minimum absolute atomic E-state index is 0.238. The van der Waals surface area contributed by atoms with Crippen LogP contribution >= 0.6 is 11.6 Å². The number of hydrogen-bond donors (Lipinski definition) is 1. The van der Waals surface area contributed by atoms with E-state index in [0.717, 1.165) is 18.2 Å². The van der Waals surface area contributed by atoms with Crippen LogP contribution in [0.25, 0.3) is 0 Å². The summed E-state index contributed by atoms with van der Waals surface area (Å²) in [6.45, 7) is 0.359. The van der Waals surface area contributed by atoms with Crippen molar-refractivity contribution < 1.29 is 23.1 Å². The maximum atomic E-state index is 13.8. The highest BCUT2D eigenvalue weighted by Gasteiger charge is 2.36. The van der Waals surface area contributed by atoms with Crippen LogP contribution in [0.1, 0.15) is 23.2 Å². The average Bonchev–Trinajstić information content (AvgIpc) is 3.14. The lowest BCUT2D eigenvalue weighted by Crippen LogP contribution is -2.43. The van der Waals surface area contributed by atoms with Gasteiger partial charge in [0, 0.05) is 17.6 Å². The van der Waals surface area contributed by atoms with E-state index in [9.17, 15) is 18.4 Å². The van der Waals surface area contributed by atoms with Gasteiger partial charge < -0.3 is 15.0 Å². The molecule has 1 heterocycles. The summed E-state index contributed by atoms with van der Waals surface area (Å²) in [5.41, 5.74) is -0.0266. The molecule has 0 saturated carbocycles. The van der Waals surface area contributed by atoms with Crippen molar-refractivity contribution in [2.45, 2.75) is 18.9 Å². The lowest BCUT2D eigenvalue weighted by atomic mass is 10.1. The number of rotatable bonds is 4. The average molecular weight is 395 g/mol. The SMILES string of the molecule is COc1ccc(Cl)cc1C(=O)N1CCCC1C(=O)Nc1cc(F)ccc1F. The molecule has 1 unspecified atom stereocenters. The van der Waals surface area contributed by atoms with E-state index in [-0.39, 0.29) is 11.3 Å². The van der Waals surface area contributed by atoms with Gasteiger partial charge in [0.15, 0.2) is 0 Å². The van der Waals surface area contributed by atoms with Gasteiger partial charge >= 0.3 is 0 Å². The summed E-state index contributed by atoms with van der Waals surface area (Å²) in [6.07, 6.45) is 1.02. The molecule has 2 amide bonds. The molecule has 1 aliphatic rings. The van der Waals surface area contributed by atoms with Crippen molar-refractivity contribution >= 4 is 29.1 Å². The van der Waals surface area contributed by atoms with Crippen LogP contribution < -0.4 is 10.1 Å². The number of carbonyl (C=O) groups is 2. The number of nitrogens with zero attached hydrogens (tertiary/aromatic N) is 1. The van der Waals surface area contributed by atoms with Gasteiger partial charge in [0.1, 0.15) is 23.4 Å². The number of benzene rings is 2. The van der Waals surface area contributed by atoms with Crippen LogP contribution in [0.2, 0.25) is 5.02 Å². The first-order valence-corrected chi connectivity index (χ1v) is 8.69. The Balaban J connectivity index is 1.82. The third-order valence-corrected chi connectivity index (χ3v) is 4.63. The van der Waals surface area contributed by atoms with E-state index in [1.54, 1.807) is 12.1 Å². The molecule has 142 valence electrons. The first-order valence-electron chi connectivity index (χ1n) is 8.31. The normalized spacial score (nSPS) is 16.3. The number of ether oxygens (including phenoxy) is 1. The van der Waals surface area contributed by atoms with E-state index < -0.39 is 29.5 Å².